The molecule has 0 aliphatic carbocycles. The van der Waals surface area contributed by atoms with Gasteiger partial charge in [0.05, 0.1) is 16.6 Å². The first kappa shape index (κ1) is 12.8. The van der Waals surface area contributed by atoms with Crippen LogP contribution in [0.1, 0.15) is 29.6 Å². The van der Waals surface area contributed by atoms with Gasteiger partial charge in [0.1, 0.15) is 5.75 Å². The Morgan fingerprint density at radius 3 is 2.78 bits per heavy atom. The second-order valence-electron chi connectivity index (χ2n) is 4.43. The maximum atomic E-state index is 12.4. The molecule has 1 atom stereocenters. The number of hydrogen-bond acceptors (Lipinski definition) is 3. The van der Waals surface area contributed by atoms with E-state index < -0.39 is 0 Å². The first-order valence-electron chi connectivity index (χ1n) is 5.99. The number of carbonyl (C=O) groups is 1. The van der Waals surface area contributed by atoms with Gasteiger partial charge >= 0.3 is 0 Å². The topological polar surface area (TPSA) is 66.6 Å². The second-order valence-corrected chi connectivity index (χ2v) is 4.90. The second kappa shape index (κ2) is 5.35. The molecule has 1 heterocycles. The first-order chi connectivity index (χ1) is 8.61. The molecule has 96 valence electrons. The third kappa shape index (κ3) is 2.46. The molecule has 0 aromatic heterocycles. The van der Waals surface area contributed by atoms with Crippen molar-refractivity contribution in [3.63, 3.8) is 0 Å². The van der Waals surface area contributed by atoms with Crippen LogP contribution in [0.5, 0.6) is 5.75 Å². The SMILES string of the molecule is NC(=S)C1CCCCN1C(=O)c1ccccc1O. The maximum absolute atomic E-state index is 12.4. The van der Waals surface area contributed by atoms with Crippen LogP contribution in [0, 0.1) is 0 Å². The van der Waals surface area contributed by atoms with E-state index in [4.69, 9.17) is 18.0 Å². The third-order valence-electron chi connectivity index (χ3n) is 3.23. The van der Waals surface area contributed by atoms with E-state index >= 15 is 0 Å². The third-order valence-corrected chi connectivity index (χ3v) is 3.50. The molecule has 1 amide bonds. The van der Waals surface area contributed by atoms with Crippen LogP contribution in [0.3, 0.4) is 0 Å². The summed E-state index contributed by atoms with van der Waals surface area (Å²) in [6, 6.07) is 6.34. The molecule has 1 fully saturated rings. The fourth-order valence-electron chi connectivity index (χ4n) is 2.28. The Kier molecular flexibility index (Phi) is 3.81. The van der Waals surface area contributed by atoms with Gasteiger partial charge in [0.15, 0.2) is 0 Å². The number of para-hydroxylation sites is 1. The lowest BCUT2D eigenvalue weighted by Gasteiger charge is -2.35. The molecule has 18 heavy (non-hydrogen) atoms. The molecule has 1 aromatic rings. The molecule has 1 aromatic carbocycles. The van der Waals surface area contributed by atoms with Crippen LogP contribution < -0.4 is 5.73 Å². The fourth-order valence-corrected chi connectivity index (χ4v) is 2.52. The van der Waals surface area contributed by atoms with Gasteiger partial charge in [-0.15, -0.1) is 0 Å². The van der Waals surface area contributed by atoms with E-state index in [9.17, 15) is 9.90 Å². The summed E-state index contributed by atoms with van der Waals surface area (Å²) in [6.07, 6.45) is 2.76. The van der Waals surface area contributed by atoms with Crippen LogP contribution in [-0.4, -0.2) is 33.5 Å². The molecule has 1 aliphatic heterocycles. The number of carbonyl (C=O) groups excluding carboxylic acids is 1. The van der Waals surface area contributed by atoms with Crippen LogP contribution in [0.4, 0.5) is 0 Å². The van der Waals surface area contributed by atoms with Crippen molar-refractivity contribution in [2.75, 3.05) is 6.54 Å². The summed E-state index contributed by atoms with van der Waals surface area (Å²) < 4.78 is 0. The molecule has 0 spiro atoms. The van der Waals surface area contributed by atoms with Crippen LogP contribution in [0.2, 0.25) is 0 Å². The van der Waals surface area contributed by atoms with Crippen molar-refractivity contribution < 1.29 is 9.90 Å². The van der Waals surface area contributed by atoms with Gasteiger partial charge in [-0.25, -0.2) is 0 Å². The van der Waals surface area contributed by atoms with Crippen molar-refractivity contribution in [1.82, 2.24) is 4.90 Å². The molecular weight excluding hydrogens is 248 g/mol. The van der Waals surface area contributed by atoms with Crippen molar-refractivity contribution >= 4 is 23.1 Å². The number of nitrogens with two attached hydrogens (primary N) is 1. The Balaban J connectivity index is 2.27. The smallest absolute Gasteiger partial charge is 0.258 e. The Morgan fingerprint density at radius 2 is 2.11 bits per heavy atom. The number of piperidine rings is 1. The quantitative estimate of drug-likeness (QED) is 0.797. The number of amides is 1. The highest BCUT2D eigenvalue weighted by Gasteiger charge is 2.30. The molecule has 5 heteroatoms. The highest BCUT2D eigenvalue weighted by Crippen LogP contribution is 2.23. The molecule has 0 saturated carbocycles. The number of aromatic hydroxyl groups is 1. The molecule has 2 rings (SSSR count). The van der Waals surface area contributed by atoms with Gasteiger partial charge in [-0.2, -0.15) is 0 Å². The monoisotopic (exact) mass is 264 g/mol. The number of likely N-dealkylation sites (tertiary alicyclic amines) is 1. The normalized spacial score (nSPS) is 19.6. The van der Waals surface area contributed by atoms with Gasteiger partial charge in [0.2, 0.25) is 0 Å². The van der Waals surface area contributed by atoms with Crippen molar-refractivity contribution in [1.29, 1.82) is 0 Å². The molecule has 0 radical (unpaired) electrons. The summed E-state index contributed by atoms with van der Waals surface area (Å²) in [5.74, 6) is -0.208. The summed E-state index contributed by atoms with van der Waals surface area (Å²) in [5.41, 5.74) is 5.99. The van der Waals surface area contributed by atoms with E-state index in [1.165, 1.54) is 6.07 Å². The zero-order chi connectivity index (χ0) is 13.1. The van der Waals surface area contributed by atoms with Crippen LogP contribution >= 0.6 is 12.2 Å². The van der Waals surface area contributed by atoms with Gasteiger partial charge in [0, 0.05) is 6.54 Å². The molecule has 3 N–H and O–H groups in total. The molecule has 0 bridgehead atoms. The summed E-state index contributed by atoms with van der Waals surface area (Å²) in [5, 5.41) is 9.72. The van der Waals surface area contributed by atoms with Crippen molar-refractivity contribution in [3.05, 3.63) is 29.8 Å². The zero-order valence-electron chi connectivity index (χ0n) is 10.0. The van der Waals surface area contributed by atoms with Gasteiger partial charge in [-0.3, -0.25) is 4.79 Å². The maximum Gasteiger partial charge on any atom is 0.258 e. The Hall–Kier alpha value is -1.62. The van der Waals surface area contributed by atoms with E-state index in [0.717, 1.165) is 19.3 Å². The Labute approximate surface area is 111 Å². The Bertz CT molecular complexity index is 476. The molecule has 1 saturated heterocycles. The van der Waals surface area contributed by atoms with E-state index in [-0.39, 0.29) is 17.7 Å². The average Bonchev–Trinajstić information content (AvgIpc) is 2.38. The van der Waals surface area contributed by atoms with E-state index in [1.807, 2.05) is 0 Å². The molecule has 1 unspecified atom stereocenters. The van der Waals surface area contributed by atoms with Crippen LogP contribution in [0.25, 0.3) is 0 Å². The fraction of sp³-hybridized carbons (Fsp3) is 0.385. The minimum absolute atomic E-state index is 0.00485. The highest BCUT2D eigenvalue weighted by atomic mass is 32.1. The lowest BCUT2D eigenvalue weighted by atomic mass is 10.0. The minimum atomic E-state index is -0.203. The molecule has 4 nitrogen and oxygen atoms in total. The zero-order valence-corrected chi connectivity index (χ0v) is 10.8. The van der Waals surface area contributed by atoms with Crippen LogP contribution in [0.15, 0.2) is 24.3 Å². The van der Waals surface area contributed by atoms with Gasteiger partial charge in [0.25, 0.3) is 5.91 Å². The molecular formula is C13H16N2O2S. The molecule has 1 aliphatic rings. The number of phenolic OH excluding ortho intramolecular Hbond substituents is 1. The minimum Gasteiger partial charge on any atom is -0.507 e. The van der Waals surface area contributed by atoms with Crippen LogP contribution in [-0.2, 0) is 0 Å². The number of phenols is 1. The van der Waals surface area contributed by atoms with E-state index in [0.29, 0.717) is 17.1 Å². The largest absolute Gasteiger partial charge is 0.507 e. The van der Waals surface area contributed by atoms with E-state index in [1.54, 1.807) is 23.1 Å². The highest BCUT2D eigenvalue weighted by molar-refractivity contribution is 7.80. The summed E-state index contributed by atoms with van der Waals surface area (Å²) in [6.45, 7) is 0.634. The summed E-state index contributed by atoms with van der Waals surface area (Å²) in [4.78, 5) is 14.4. The number of rotatable bonds is 2. The first-order valence-corrected chi connectivity index (χ1v) is 6.40. The number of benzene rings is 1. The number of hydrogen-bond donors (Lipinski definition) is 2. The summed E-state index contributed by atoms with van der Waals surface area (Å²) >= 11 is 5.02. The summed E-state index contributed by atoms with van der Waals surface area (Å²) in [7, 11) is 0. The van der Waals surface area contributed by atoms with E-state index in [2.05, 4.69) is 0 Å². The number of nitrogens with zero attached hydrogens (tertiary/aromatic N) is 1. The predicted octanol–water partition coefficient (Wildman–Crippen LogP) is 1.67. The Morgan fingerprint density at radius 1 is 1.39 bits per heavy atom. The average molecular weight is 264 g/mol. The van der Waals surface area contributed by atoms with Crippen molar-refractivity contribution in [3.8, 4) is 5.75 Å². The number of thiocarbonyl (C=S) groups is 1. The van der Waals surface area contributed by atoms with Gasteiger partial charge in [-0.05, 0) is 31.4 Å². The standard InChI is InChI=1S/C13H16N2O2S/c14-12(18)10-6-3-4-8-15(10)13(17)9-5-1-2-7-11(9)16/h1-2,5,7,10,16H,3-4,6,8H2,(H2,14,18). The predicted molar refractivity (Wildman–Crippen MR) is 73.6 cm³/mol. The lowest BCUT2D eigenvalue weighted by molar-refractivity contribution is 0.0678. The lowest BCUT2D eigenvalue weighted by Crippen LogP contribution is -2.49. The van der Waals surface area contributed by atoms with Gasteiger partial charge < -0.3 is 15.7 Å². The van der Waals surface area contributed by atoms with Gasteiger partial charge in [-0.1, -0.05) is 24.4 Å². The van der Waals surface area contributed by atoms with Crippen molar-refractivity contribution in [2.24, 2.45) is 5.73 Å². The van der Waals surface area contributed by atoms with Crippen molar-refractivity contribution in [2.45, 2.75) is 25.3 Å².